The fraction of sp³-hybridized carbons (Fsp3) is 0.157. The minimum absolute atomic E-state index is 0. The molecule has 10 rings (SSSR count). The first-order valence-electron chi connectivity index (χ1n) is 19.7. The van der Waals surface area contributed by atoms with Gasteiger partial charge in [0.15, 0.2) is 17.1 Å². The summed E-state index contributed by atoms with van der Waals surface area (Å²) in [6.45, 7) is 13.4. The molecule has 0 aliphatic heterocycles. The van der Waals surface area contributed by atoms with Gasteiger partial charge in [0.25, 0.3) is 0 Å². The molecular formula is C51H42N5O2Pt-. The number of hydrogen-bond donors (Lipinski definition) is 1. The number of pyridine rings is 1. The van der Waals surface area contributed by atoms with Crippen LogP contribution < -0.4 is 0 Å². The van der Waals surface area contributed by atoms with E-state index in [1.165, 1.54) is 16.7 Å². The van der Waals surface area contributed by atoms with Crippen LogP contribution in [-0.2, 0) is 31.9 Å². The predicted molar refractivity (Wildman–Crippen MR) is 235 cm³/mol. The number of aromatic hydroxyl groups is 1. The molecule has 0 spiro atoms. The Bertz CT molecular complexity index is 3230. The van der Waals surface area contributed by atoms with Crippen LogP contribution in [0.3, 0.4) is 0 Å². The number of para-hydroxylation sites is 2. The molecule has 0 radical (unpaired) electrons. The molecule has 0 aliphatic carbocycles. The summed E-state index contributed by atoms with van der Waals surface area (Å²) in [6, 6.07) is 48.9. The van der Waals surface area contributed by atoms with Crippen molar-refractivity contribution < 1.29 is 30.7 Å². The maximum absolute atomic E-state index is 11.9. The Morgan fingerprint density at radius 3 is 2.25 bits per heavy atom. The van der Waals surface area contributed by atoms with Crippen molar-refractivity contribution in [2.75, 3.05) is 0 Å². The molecule has 0 aliphatic rings. The van der Waals surface area contributed by atoms with E-state index in [0.717, 1.165) is 50.1 Å². The summed E-state index contributed by atoms with van der Waals surface area (Å²) >= 11 is 0. The normalized spacial score (nSPS) is 12.2. The third kappa shape index (κ3) is 6.45. The Kier molecular flexibility index (Phi) is 9.21. The number of aromatic nitrogens is 5. The van der Waals surface area contributed by atoms with Crippen LogP contribution in [-0.4, -0.2) is 29.2 Å². The average molecular weight is 952 g/mol. The molecule has 0 amide bonds. The van der Waals surface area contributed by atoms with Crippen molar-refractivity contribution in [3.05, 3.63) is 157 Å². The van der Waals surface area contributed by atoms with E-state index in [1.54, 1.807) is 10.6 Å². The summed E-state index contributed by atoms with van der Waals surface area (Å²) in [4.78, 5) is 15.3. The van der Waals surface area contributed by atoms with Gasteiger partial charge >= 0.3 is 0 Å². The fourth-order valence-corrected chi connectivity index (χ4v) is 8.21. The second-order valence-corrected chi connectivity index (χ2v) is 17.1. The number of nitrogens with zero attached hydrogens (tertiary/aromatic N) is 5. The van der Waals surface area contributed by atoms with E-state index in [4.69, 9.17) is 19.5 Å². The van der Waals surface area contributed by atoms with Gasteiger partial charge in [0.2, 0.25) is 0 Å². The van der Waals surface area contributed by atoms with E-state index in [1.807, 2.05) is 36.5 Å². The smallest absolute Gasteiger partial charge is 0.181 e. The third-order valence-corrected chi connectivity index (χ3v) is 11.1. The van der Waals surface area contributed by atoms with E-state index in [2.05, 4.69) is 149 Å². The van der Waals surface area contributed by atoms with Gasteiger partial charge in [-0.05, 0) is 81.6 Å². The van der Waals surface area contributed by atoms with Gasteiger partial charge in [-0.1, -0.05) is 119 Å². The third-order valence-electron chi connectivity index (χ3n) is 11.1. The van der Waals surface area contributed by atoms with Crippen LogP contribution in [0.1, 0.15) is 52.7 Å². The van der Waals surface area contributed by atoms with Crippen molar-refractivity contribution in [2.45, 2.75) is 52.4 Å². The van der Waals surface area contributed by atoms with Gasteiger partial charge in [0, 0.05) is 38.6 Å². The average Bonchev–Trinajstić information content (AvgIpc) is 3.90. The molecule has 6 aromatic carbocycles. The molecule has 10 aromatic rings. The molecule has 0 saturated heterocycles. The number of benzene rings is 6. The van der Waals surface area contributed by atoms with Crippen LogP contribution in [0.2, 0.25) is 0 Å². The van der Waals surface area contributed by atoms with E-state index in [9.17, 15) is 5.11 Å². The molecule has 0 unspecified atom stereocenters. The summed E-state index contributed by atoms with van der Waals surface area (Å²) < 4.78 is 10.3. The Balaban J connectivity index is 0.00000449. The number of rotatable bonds is 5. The van der Waals surface area contributed by atoms with Crippen LogP contribution in [0.25, 0.3) is 89.3 Å². The fourth-order valence-electron chi connectivity index (χ4n) is 8.21. The van der Waals surface area contributed by atoms with Gasteiger partial charge in [0.05, 0.1) is 27.5 Å². The molecule has 0 saturated carbocycles. The van der Waals surface area contributed by atoms with Gasteiger partial charge in [-0.3, -0.25) is 9.55 Å². The standard InChI is InChI=1S/C51H42N5O2.Pt/c1-50(2,3)34-16-12-17-35(30-34)55-42-22-13-20-37(31-14-11-15-33(28-31)41-29-32(26-27-52-41)36-18-7-9-21-39(36)51(4,5)6)46(42)54-49(55)45-43(57)25-24-40-47(45)56-48(53-40)38-19-8-10-23-44(38)58-56;/h7-27,29-30,57H,1-6H3;/q-1;. The van der Waals surface area contributed by atoms with Crippen LogP contribution in [0.4, 0.5) is 0 Å². The van der Waals surface area contributed by atoms with E-state index in [-0.39, 0.29) is 37.6 Å². The van der Waals surface area contributed by atoms with Crippen LogP contribution in [0, 0.1) is 6.07 Å². The summed E-state index contributed by atoms with van der Waals surface area (Å²) in [5.41, 5.74) is 14.0. The summed E-state index contributed by atoms with van der Waals surface area (Å²) in [5, 5.41) is 12.8. The van der Waals surface area contributed by atoms with Crippen molar-refractivity contribution in [1.29, 1.82) is 0 Å². The number of phenolic OH excluding ortho intramolecular Hbond substituents is 1. The molecule has 0 bridgehead atoms. The summed E-state index contributed by atoms with van der Waals surface area (Å²) in [6.07, 6.45) is 1.88. The van der Waals surface area contributed by atoms with Crippen molar-refractivity contribution in [3.63, 3.8) is 0 Å². The zero-order chi connectivity index (χ0) is 39.9. The molecule has 294 valence electrons. The maximum Gasteiger partial charge on any atom is 0.181 e. The van der Waals surface area contributed by atoms with Gasteiger partial charge in [-0.25, -0.2) is 9.97 Å². The van der Waals surface area contributed by atoms with E-state index >= 15 is 0 Å². The van der Waals surface area contributed by atoms with Gasteiger partial charge in [-0.2, -0.15) is 4.57 Å². The van der Waals surface area contributed by atoms with Gasteiger partial charge in [0.1, 0.15) is 11.3 Å². The van der Waals surface area contributed by atoms with E-state index < -0.39 is 0 Å². The monoisotopic (exact) mass is 951 g/mol. The topological polar surface area (TPSA) is 81.4 Å². The Morgan fingerprint density at radius 1 is 0.678 bits per heavy atom. The number of imidazole rings is 2. The zero-order valence-corrected chi connectivity index (χ0v) is 36.0. The number of phenols is 1. The van der Waals surface area contributed by atoms with Crippen LogP contribution >= 0.6 is 0 Å². The van der Waals surface area contributed by atoms with Crippen molar-refractivity contribution in [3.8, 4) is 56.3 Å². The molecule has 0 atom stereocenters. The second kappa shape index (κ2) is 14.2. The first-order valence-corrected chi connectivity index (χ1v) is 19.7. The predicted octanol–water partition coefficient (Wildman–Crippen LogP) is 12.7. The quantitative estimate of drug-likeness (QED) is 0.174. The Morgan fingerprint density at radius 2 is 1.42 bits per heavy atom. The van der Waals surface area contributed by atoms with Crippen molar-refractivity contribution >= 4 is 38.7 Å². The first kappa shape index (κ1) is 38.2. The zero-order valence-electron chi connectivity index (χ0n) is 33.7. The molecule has 59 heavy (non-hydrogen) atoms. The molecule has 4 heterocycles. The van der Waals surface area contributed by atoms with Crippen molar-refractivity contribution in [2.24, 2.45) is 0 Å². The molecule has 4 aromatic heterocycles. The summed E-state index contributed by atoms with van der Waals surface area (Å²) in [7, 11) is 0. The van der Waals surface area contributed by atoms with Gasteiger partial charge in [-0.15, -0.1) is 29.8 Å². The minimum atomic E-state index is -0.0959. The molecule has 7 nitrogen and oxygen atoms in total. The Labute approximate surface area is 357 Å². The van der Waals surface area contributed by atoms with Gasteiger partial charge < -0.3 is 9.63 Å². The SMILES string of the molecule is CC(C)(C)c1cccc(-n2c(-c3c(O)ccc4nc5c6ccccc6on5c34)nc3c(-c4[c-]c(-c5cc(-c6ccccc6C(C)(C)C)ccn5)ccc4)cccc32)c1.[Pt]. The minimum Gasteiger partial charge on any atom is -0.507 e. The number of hydrogen-bond acceptors (Lipinski definition) is 5. The van der Waals surface area contributed by atoms with E-state index in [0.29, 0.717) is 33.7 Å². The molecular weight excluding hydrogens is 910 g/mol. The largest absolute Gasteiger partial charge is 0.507 e. The molecule has 0 fully saturated rings. The maximum atomic E-state index is 11.9. The molecule has 8 heteroatoms. The van der Waals surface area contributed by atoms with Crippen molar-refractivity contribution in [1.82, 2.24) is 24.1 Å². The number of fused-ring (bicyclic) bond motifs is 6. The molecule has 1 N–H and O–H groups in total. The van der Waals surface area contributed by atoms with Crippen LogP contribution in [0.5, 0.6) is 5.75 Å². The van der Waals surface area contributed by atoms with Crippen LogP contribution in [0.15, 0.2) is 144 Å². The second-order valence-electron chi connectivity index (χ2n) is 17.1. The first-order chi connectivity index (χ1) is 27.9. The summed E-state index contributed by atoms with van der Waals surface area (Å²) in [5.74, 6) is 0.647. The Hall–Kier alpha value is -6.30.